The molecule has 0 fully saturated rings. The zero-order chi connectivity index (χ0) is 11.2. The summed E-state index contributed by atoms with van der Waals surface area (Å²) in [6.07, 6.45) is 3.34. The topological polar surface area (TPSA) is 6.48 Å². The maximum Gasteiger partial charge on any atom is 0.0695 e. The van der Waals surface area contributed by atoms with Gasteiger partial charge in [0.1, 0.15) is 0 Å². The third kappa shape index (κ3) is 3.94. The molecule has 0 amide bonds. The van der Waals surface area contributed by atoms with Crippen LogP contribution in [0.25, 0.3) is 0 Å². The molecule has 0 rings (SSSR count). The van der Waals surface area contributed by atoms with E-state index in [1.807, 2.05) is 0 Å². The third-order valence-electron chi connectivity index (χ3n) is 3.24. The predicted octanol–water partition coefficient (Wildman–Crippen LogP) is 1.41. The maximum absolute atomic E-state index is 3.78. The van der Waals surface area contributed by atoms with E-state index in [-0.39, 0.29) is 15.2 Å². The van der Waals surface area contributed by atoms with E-state index in [0.29, 0.717) is 0 Å². The molecule has 0 unspecified atom stereocenters. The van der Waals surface area contributed by atoms with Gasteiger partial charge >= 0.3 is 0 Å². The van der Waals surface area contributed by atoms with Gasteiger partial charge in [0.2, 0.25) is 0 Å². The lowest BCUT2D eigenvalue weighted by molar-refractivity contribution is 0.0179. The van der Waals surface area contributed by atoms with Crippen LogP contribution < -0.4 is 0 Å². The van der Waals surface area contributed by atoms with Gasteiger partial charge in [-0.15, -0.1) is 6.58 Å². The van der Waals surface area contributed by atoms with Crippen molar-refractivity contribution in [2.45, 2.75) is 31.1 Å². The highest BCUT2D eigenvalue weighted by Gasteiger charge is 2.28. The van der Waals surface area contributed by atoms with Crippen LogP contribution in [0, 0.1) is 0 Å². The highest BCUT2D eigenvalue weighted by atomic mass is 28.2. The molecule has 0 saturated heterocycles. The highest BCUT2D eigenvalue weighted by molar-refractivity contribution is 6.36. The molecular formula is C11H26N2Si. The number of allylic oxidation sites excluding steroid dienone is 1. The molecule has 14 heavy (non-hydrogen) atoms. The molecule has 0 aromatic rings. The summed E-state index contributed by atoms with van der Waals surface area (Å²) in [5.41, 5.74) is 0.216. The Morgan fingerprint density at radius 3 is 2.07 bits per heavy atom. The lowest BCUT2D eigenvalue weighted by Gasteiger charge is -2.42. The molecule has 0 spiro atoms. The van der Waals surface area contributed by atoms with Gasteiger partial charge in [-0.05, 0) is 47.6 Å². The zero-order valence-corrected chi connectivity index (χ0v) is 11.9. The molecule has 84 valence electrons. The van der Waals surface area contributed by atoms with Crippen molar-refractivity contribution in [3.8, 4) is 0 Å². The van der Waals surface area contributed by atoms with Crippen LogP contribution in [0.4, 0.5) is 0 Å². The molecule has 0 heterocycles. The molecule has 0 atom stereocenters. The van der Waals surface area contributed by atoms with Crippen molar-refractivity contribution in [3.63, 3.8) is 0 Å². The Hall–Kier alpha value is -0.123. The van der Waals surface area contributed by atoms with Crippen LogP contribution in [-0.2, 0) is 0 Å². The molecule has 0 aromatic heterocycles. The Labute approximate surface area is 91.8 Å². The van der Waals surface area contributed by atoms with E-state index < -0.39 is 0 Å². The van der Waals surface area contributed by atoms with E-state index in [1.165, 1.54) is 18.5 Å². The van der Waals surface area contributed by atoms with E-state index in [0.717, 1.165) is 0 Å². The fraction of sp³-hybridized carbons (Fsp3) is 0.818. The smallest absolute Gasteiger partial charge is 0.0695 e. The molecule has 0 aromatic carbocycles. The summed E-state index contributed by atoms with van der Waals surface area (Å²) < 4.78 is 0. The van der Waals surface area contributed by atoms with Gasteiger partial charge in [-0.25, -0.2) is 0 Å². The second-order valence-electron chi connectivity index (χ2n) is 4.54. The average Bonchev–Trinajstić information content (AvgIpc) is 2.11. The van der Waals surface area contributed by atoms with Crippen molar-refractivity contribution in [3.05, 3.63) is 12.7 Å². The molecule has 0 bridgehead atoms. The molecular weight excluding hydrogens is 188 g/mol. The lowest BCUT2D eigenvalue weighted by Crippen LogP contribution is -2.52. The number of rotatable bonds is 7. The molecule has 0 aliphatic carbocycles. The van der Waals surface area contributed by atoms with Crippen molar-refractivity contribution in [1.82, 2.24) is 9.80 Å². The fourth-order valence-corrected chi connectivity index (χ4v) is 3.09. The number of hydrogen-bond donors (Lipinski definition) is 0. The van der Waals surface area contributed by atoms with Crippen molar-refractivity contribution >= 4 is 9.52 Å². The Balaban J connectivity index is 4.04. The van der Waals surface area contributed by atoms with Gasteiger partial charge in [-0.1, -0.05) is 12.1 Å². The molecule has 0 saturated carbocycles. The van der Waals surface area contributed by atoms with Gasteiger partial charge in [0.05, 0.1) is 5.66 Å². The first-order chi connectivity index (χ1) is 6.45. The minimum Gasteiger partial charge on any atom is -0.292 e. The van der Waals surface area contributed by atoms with Crippen LogP contribution in [0.3, 0.4) is 0 Å². The minimum absolute atomic E-state index is 0.0961. The van der Waals surface area contributed by atoms with Gasteiger partial charge in [0.25, 0.3) is 0 Å². The molecule has 0 radical (unpaired) electrons. The predicted molar refractivity (Wildman–Crippen MR) is 68.8 cm³/mol. The lowest BCUT2D eigenvalue weighted by atomic mass is 10.1. The monoisotopic (exact) mass is 214 g/mol. The first-order valence-corrected chi connectivity index (χ1v) is 7.41. The Kier molecular flexibility index (Phi) is 6.32. The number of hydrogen-bond acceptors (Lipinski definition) is 2. The van der Waals surface area contributed by atoms with Crippen molar-refractivity contribution < 1.29 is 0 Å². The van der Waals surface area contributed by atoms with Crippen LogP contribution in [0.5, 0.6) is 0 Å². The summed E-state index contributed by atoms with van der Waals surface area (Å²) in [4.78, 5) is 4.63. The SMILES string of the molecule is C=CC[SiH2]CCC(C)(N(C)C)N(C)C. The van der Waals surface area contributed by atoms with E-state index in [9.17, 15) is 0 Å². The van der Waals surface area contributed by atoms with E-state index >= 15 is 0 Å². The number of nitrogens with zero attached hydrogens (tertiary/aromatic N) is 2. The average molecular weight is 214 g/mol. The van der Waals surface area contributed by atoms with E-state index in [1.54, 1.807) is 0 Å². The van der Waals surface area contributed by atoms with Gasteiger partial charge in [-0.3, -0.25) is 9.80 Å². The molecule has 3 heteroatoms. The maximum atomic E-state index is 3.78. The summed E-state index contributed by atoms with van der Waals surface area (Å²) >= 11 is 0. The largest absolute Gasteiger partial charge is 0.292 e. The second kappa shape index (κ2) is 6.38. The van der Waals surface area contributed by atoms with Gasteiger partial charge in [0.15, 0.2) is 0 Å². The standard InChI is InChI=1S/C11H26N2Si/c1-7-9-14-10-8-11(2,12(3)4)13(5)6/h7H,1,8-10,14H2,2-6H3. The summed E-state index contributed by atoms with van der Waals surface area (Å²) in [5, 5.41) is 0. The Bertz CT molecular complexity index is 159. The summed E-state index contributed by atoms with van der Waals surface area (Å²) in [7, 11) is 8.74. The Morgan fingerprint density at radius 2 is 1.71 bits per heavy atom. The van der Waals surface area contributed by atoms with Gasteiger partial charge in [-0.2, -0.15) is 0 Å². The summed E-state index contributed by atoms with van der Waals surface area (Å²) in [6.45, 7) is 6.09. The molecule has 0 aliphatic heterocycles. The van der Waals surface area contributed by atoms with Gasteiger partial charge in [0, 0.05) is 9.52 Å². The first-order valence-electron chi connectivity index (χ1n) is 5.41. The van der Waals surface area contributed by atoms with Crippen LogP contribution >= 0.6 is 0 Å². The first kappa shape index (κ1) is 13.9. The highest BCUT2D eigenvalue weighted by Crippen LogP contribution is 2.21. The zero-order valence-electron chi connectivity index (χ0n) is 10.5. The van der Waals surface area contributed by atoms with Crippen molar-refractivity contribution in [2.24, 2.45) is 0 Å². The van der Waals surface area contributed by atoms with Crippen molar-refractivity contribution in [1.29, 1.82) is 0 Å². The van der Waals surface area contributed by atoms with Crippen molar-refractivity contribution in [2.75, 3.05) is 28.2 Å². The quantitative estimate of drug-likeness (QED) is 0.274. The van der Waals surface area contributed by atoms with Crippen LogP contribution in [0.1, 0.15) is 13.3 Å². The van der Waals surface area contributed by atoms with E-state index in [2.05, 4.69) is 57.6 Å². The van der Waals surface area contributed by atoms with Crippen LogP contribution in [-0.4, -0.2) is 53.2 Å². The normalized spacial score (nSPS) is 13.4. The van der Waals surface area contributed by atoms with Crippen LogP contribution in [0.15, 0.2) is 12.7 Å². The van der Waals surface area contributed by atoms with Gasteiger partial charge < -0.3 is 0 Å². The van der Waals surface area contributed by atoms with Crippen LogP contribution in [0.2, 0.25) is 12.1 Å². The second-order valence-corrected chi connectivity index (χ2v) is 6.53. The summed E-state index contributed by atoms with van der Waals surface area (Å²) in [6, 6.07) is 2.68. The Morgan fingerprint density at radius 1 is 1.21 bits per heavy atom. The molecule has 2 nitrogen and oxygen atoms in total. The fourth-order valence-electron chi connectivity index (χ4n) is 1.60. The summed E-state index contributed by atoms with van der Waals surface area (Å²) in [5.74, 6) is 0. The van der Waals surface area contributed by atoms with E-state index in [4.69, 9.17) is 0 Å². The molecule has 0 N–H and O–H groups in total. The third-order valence-corrected chi connectivity index (χ3v) is 4.91. The minimum atomic E-state index is 0.0961. The molecule has 0 aliphatic rings.